The highest BCUT2D eigenvalue weighted by molar-refractivity contribution is 5.91. The largest absolute Gasteiger partial charge is 0.494 e. The fourth-order valence-corrected chi connectivity index (χ4v) is 5.88. The first-order valence-corrected chi connectivity index (χ1v) is 19.3. The summed E-state index contributed by atoms with van der Waals surface area (Å²) in [5.41, 5.74) is 2.88. The van der Waals surface area contributed by atoms with Gasteiger partial charge < -0.3 is 14.2 Å². The van der Waals surface area contributed by atoms with Gasteiger partial charge in [-0.1, -0.05) is 140 Å². The molecule has 1 atom stereocenters. The van der Waals surface area contributed by atoms with E-state index in [1.807, 2.05) is 36.4 Å². The minimum absolute atomic E-state index is 0.250. The number of ether oxygens (including phenoxy) is 3. The highest BCUT2D eigenvalue weighted by Crippen LogP contribution is 2.28. The smallest absolute Gasteiger partial charge is 0.425 e. The summed E-state index contributed by atoms with van der Waals surface area (Å²) in [7, 11) is 0. The number of carbonyl (C=O) groups is 2. The molecule has 0 aliphatic carbocycles. The number of rotatable bonds is 25. The molecular formula is C44H57F3O5. The Bertz CT molecular complexity index is 1450. The van der Waals surface area contributed by atoms with Gasteiger partial charge in [0.2, 0.25) is 0 Å². The second-order valence-corrected chi connectivity index (χ2v) is 13.4. The molecule has 52 heavy (non-hydrogen) atoms. The van der Waals surface area contributed by atoms with Crippen LogP contribution in [0.4, 0.5) is 13.2 Å². The lowest BCUT2D eigenvalue weighted by Gasteiger charge is -2.19. The molecule has 0 spiro atoms. The maximum absolute atomic E-state index is 13.4. The van der Waals surface area contributed by atoms with Crippen LogP contribution >= 0.6 is 0 Å². The van der Waals surface area contributed by atoms with E-state index in [0.29, 0.717) is 36.3 Å². The molecule has 8 heteroatoms. The average molecular weight is 723 g/mol. The van der Waals surface area contributed by atoms with Crippen molar-refractivity contribution in [2.75, 3.05) is 6.61 Å². The van der Waals surface area contributed by atoms with Crippen LogP contribution in [0.5, 0.6) is 11.5 Å². The molecule has 3 aromatic carbocycles. The summed E-state index contributed by atoms with van der Waals surface area (Å²) in [5, 5.41) is 0. The summed E-state index contributed by atoms with van der Waals surface area (Å²) in [4.78, 5) is 24.9. The van der Waals surface area contributed by atoms with Crippen LogP contribution in [-0.2, 0) is 9.53 Å². The van der Waals surface area contributed by atoms with Crippen LogP contribution in [0.3, 0.4) is 0 Å². The van der Waals surface area contributed by atoms with Gasteiger partial charge in [-0.25, -0.2) is 9.59 Å². The quantitative estimate of drug-likeness (QED) is 0.0377. The van der Waals surface area contributed by atoms with E-state index in [0.717, 1.165) is 55.1 Å². The van der Waals surface area contributed by atoms with E-state index in [9.17, 15) is 22.8 Å². The second kappa shape index (κ2) is 24.2. The molecule has 3 rings (SSSR count). The molecule has 0 N–H and O–H groups in total. The Hall–Kier alpha value is -4.07. The van der Waals surface area contributed by atoms with Crippen LogP contribution in [0.1, 0.15) is 139 Å². The molecule has 0 fully saturated rings. The number of hydrogen-bond acceptors (Lipinski definition) is 5. The highest BCUT2D eigenvalue weighted by Gasteiger charge is 2.42. The summed E-state index contributed by atoms with van der Waals surface area (Å²) in [5.74, 6) is -0.456. The van der Waals surface area contributed by atoms with Gasteiger partial charge in [0.1, 0.15) is 11.5 Å². The Labute approximate surface area is 309 Å². The van der Waals surface area contributed by atoms with Crippen LogP contribution in [0.15, 0.2) is 78.9 Å². The Kier molecular flexibility index (Phi) is 19.7. The van der Waals surface area contributed by atoms with Crippen molar-refractivity contribution >= 4 is 18.0 Å². The van der Waals surface area contributed by atoms with Gasteiger partial charge >= 0.3 is 18.1 Å². The third kappa shape index (κ3) is 17.0. The highest BCUT2D eigenvalue weighted by atomic mass is 19.4. The van der Waals surface area contributed by atoms with Crippen molar-refractivity contribution in [3.8, 4) is 22.6 Å². The first-order valence-electron chi connectivity index (χ1n) is 19.3. The normalized spacial score (nSPS) is 12.2. The van der Waals surface area contributed by atoms with Gasteiger partial charge in [-0.15, -0.1) is 0 Å². The number of halogens is 3. The minimum atomic E-state index is -4.62. The SMILES string of the molecule is CCCCCCCCCCCCOc1ccc(-c2ccc(C(=O)Oc3ccc(C=CC(=O)O[C@@H](CCCCCCCC)C(F)(F)F)cc3)cc2)cc1. The molecule has 0 aliphatic heterocycles. The van der Waals surface area contributed by atoms with Crippen LogP contribution in [0, 0.1) is 0 Å². The number of esters is 2. The van der Waals surface area contributed by atoms with Crippen molar-refractivity contribution in [1.82, 2.24) is 0 Å². The molecule has 3 aromatic rings. The lowest BCUT2D eigenvalue weighted by Crippen LogP contribution is -2.33. The fourth-order valence-electron chi connectivity index (χ4n) is 5.88. The van der Waals surface area contributed by atoms with E-state index in [-0.39, 0.29) is 6.42 Å². The topological polar surface area (TPSA) is 61.8 Å². The molecule has 0 heterocycles. The molecule has 0 unspecified atom stereocenters. The standard InChI is InChI=1S/C44H57F3O5/c1-3-5-7-9-11-12-13-14-16-18-34-50-39-31-27-37(28-32-39)36-23-25-38(26-24-36)43(49)51-40-29-20-35(21-30-40)22-33-42(48)52-41(44(45,46)47)19-17-15-10-8-6-4-2/h20-33,41H,3-19,34H2,1-2H3/t41-/m0/s1. The lowest BCUT2D eigenvalue weighted by atomic mass is 10.0. The predicted molar refractivity (Wildman–Crippen MR) is 204 cm³/mol. The van der Waals surface area contributed by atoms with Gasteiger partial charge in [-0.2, -0.15) is 13.2 Å². The molecule has 284 valence electrons. The molecule has 0 aromatic heterocycles. The van der Waals surface area contributed by atoms with Crippen molar-refractivity contribution < 1.29 is 37.0 Å². The van der Waals surface area contributed by atoms with Gasteiger partial charge in [-0.3, -0.25) is 0 Å². The van der Waals surface area contributed by atoms with Gasteiger partial charge in [-0.05, 0) is 78.4 Å². The monoisotopic (exact) mass is 722 g/mol. The third-order valence-electron chi connectivity index (χ3n) is 9.02. The van der Waals surface area contributed by atoms with Crippen molar-refractivity contribution in [1.29, 1.82) is 0 Å². The first kappa shape index (κ1) is 42.3. The van der Waals surface area contributed by atoms with E-state index in [2.05, 4.69) is 13.8 Å². The van der Waals surface area contributed by atoms with Crippen molar-refractivity contribution in [3.05, 3.63) is 90.0 Å². The van der Waals surface area contributed by atoms with Gasteiger partial charge in [0.15, 0.2) is 6.10 Å². The molecule has 0 aliphatic rings. The van der Waals surface area contributed by atoms with Crippen molar-refractivity contribution in [2.24, 2.45) is 0 Å². The molecular weight excluding hydrogens is 665 g/mol. The van der Waals surface area contributed by atoms with Crippen LogP contribution in [0.2, 0.25) is 0 Å². The van der Waals surface area contributed by atoms with E-state index in [1.54, 1.807) is 36.4 Å². The van der Waals surface area contributed by atoms with Crippen LogP contribution < -0.4 is 9.47 Å². The zero-order chi connectivity index (χ0) is 37.4. The van der Waals surface area contributed by atoms with Crippen molar-refractivity contribution in [2.45, 2.75) is 135 Å². The Balaban J connectivity index is 1.39. The summed E-state index contributed by atoms with van der Waals surface area (Å²) in [6, 6.07) is 21.4. The zero-order valence-electron chi connectivity index (χ0n) is 31.1. The second-order valence-electron chi connectivity index (χ2n) is 13.4. The maximum atomic E-state index is 13.4. The summed E-state index contributed by atoms with van der Waals surface area (Å²) >= 11 is 0. The Morgan fingerprint density at radius 1 is 0.615 bits per heavy atom. The maximum Gasteiger partial charge on any atom is 0.425 e. The fraction of sp³-hybridized carbons (Fsp3) is 0.500. The third-order valence-corrected chi connectivity index (χ3v) is 9.02. The molecule has 0 saturated heterocycles. The van der Waals surface area contributed by atoms with Gasteiger partial charge in [0, 0.05) is 6.08 Å². The molecule has 5 nitrogen and oxygen atoms in total. The summed E-state index contributed by atoms with van der Waals surface area (Å²) in [6.45, 7) is 5.04. The first-order chi connectivity index (χ1) is 25.2. The van der Waals surface area contributed by atoms with Crippen LogP contribution in [-0.4, -0.2) is 30.8 Å². The predicted octanol–water partition coefficient (Wildman–Crippen LogP) is 13.1. The average Bonchev–Trinajstić information content (AvgIpc) is 3.14. The zero-order valence-corrected chi connectivity index (χ0v) is 31.1. The molecule has 0 saturated carbocycles. The molecule has 0 amide bonds. The lowest BCUT2D eigenvalue weighted by molar-refractivity contribution is -0.220. The van der Waals surface area contributed by atoms with E-state index < -0.39 is 24.2 Å². The number of carbonyl (C=O) groups excluding carboxylic acids is 2. The summed E-state index contributed by atoms with van der Waals surface area (Å²) < 4.78 is 56.4. The van der Waals surface area contributed by atoms with E-state index in [4.69, 9.17) is 14.2 Å². The van der Waals surface area contributed by atoms with E-state index in [1.165, 1.54) is 63.9 Å². The molecule has 0 bridgehead atoms. The van der Waals surface area contributed by atoms with Crippen LogP contribution in [0.25, 0.3) is 17.2 Å². The number of hydrogen-bond donors (Lipinski definition) is 0. The molecule has 0 radical (unpaired) electrons. The minimum Gasteiger partial charge on any atom is -0.494 e. The Morgan fingerprint density at radius 2 is 1.10 bits per heavy atom. The number of alkyl halides is 3. The van der Waals surface area contributed by atoms with Crippen molar-refractivity contribution in [3.63, 3.8) is 0 Å². The Morgan fingerprint density at radius 3 is 1.63 bits per heavy atom. The number of unbranched alkanes of at least 4 members (excludes halogenated alkanes) is 14. The number of benzene rings is 3. The van der Waals surface area contributed by atoms with Gasteiger partial charge in [0.05, 0.1) is 12.2 Å². The van der Waals surface area contributed by atoms with Gasteiger partial charge in [0.25, 0.3) is 0 Å². The summed E-state index contributed by atoms with van der Waals surface area (Å²) in [6.07, 6.45) is 13.3. The van der Waals surface area contributed by atoms with E-state index >= 15 is 0 Å².